The number of rotatable bonds is 7. The van der Waals surface area contributed by atoms with Crippen LogP contribution in [-0.4, -0.2) is 16.3 Å². The minimum atomic E-state index is -0.389. The molecule has 1 aliphatic rings. The predicted molar refractivity (Wildman–Crippen MR) is 114 cm³/mol. The monoisotopic (exact) mass is 399 g/mol. The van der Waals surface area contributed by atoms with Crippen molar-refractivity contribution in [3.05, 3.63) is 54.6 Å². The molecule has 0 aliphatic heterocycles. The third kappa shape index (κ3) is 6.28. The van der Waals surface area contributed by atoms with Crippen molar-refractivity contribution in [1.82, 2.24) is 5.48 Å². The van der Waals surface area contributed by atoms with Gasteiger partial charge >= 0.3 is 0 Å². The first-order valence-corrected chi connectivity index (χ1v) is 10.6. The van der Waals surface area contributed by atoms with Gasteiger partial charge in [-0.2, -0.15) is 0 Å². The second-order valence-electron chi connectivity index (χ2n) is 8.30. The molecule has 0 spiro atoms. The van der Waals surface area contributed by atoms with Gasteiger partial charge < -0.3 is 4.74 Å². The number of thioether (sulfide) groups is 1. The third-order valence-corrected chi connectivity index (χ3v) is 6.10. The molecule has 1 amide bonds. The highest BCUT2D eigenvalue weighted by Crippen LogP contribution is 2.47. The standard InChI is InChI=1S/C23H29NO3S/c1-22(2,3)27-24-21(25)17-23(15-7-8-16-23)28-20-13-11-19(12-14-20)26-18-9-5-4-6-10-18/h4-6,9-14H,7-8,15-17H2,1-3H3,(H,24,25). The number of hydroxylamine groups is 1. The Morgan fingerprint density at radius 2 is 1.61 bits per heavy atom. The number of para-hydroxylation sites is 1. The molecule has 0 atom stereocenters. The number of hydrogen-bond donors (Lipinski definition) is 1. The van der Waals surface area contributed by atoms with E-state index in [1.807, 2.05) is 63.2 Å². The molecule has 0 unspecified atom stereocenters. The summed E-state index contributed by atoms with van der Waals surface area (Å²) < 4.78 is 5.80. The predicted octanol–water partition coefficient (Wildman–Crippen LogP) is 6.12. The molecule has 2 aromatic carbocycles. The van der Waals surface area contributed by atoms with E-state index >= 15 is 0 Å². The van der Waals surface area contributed by atoms with E-state index in [4.69, 9.17) is 9.57 Å². The van der Waals surface area contributed by atoms with Gasteiger partial charge in [0.15, 0.2) is 0 Å². The van der Waals surface area contributed by atoms with Gasteiger partial charge in [-0.15, -0.1) is 11.8 Å². The van der Waals surface area contributed by atoms with Crippen LogP contribution >= 0.6 is 11.8 Å². The van der Waals surface area contributed by atoms with Gasteiger partial charge in [-0.25, -0.2) is 5.48 Å². The zero-order chi connectivity index (χ0) is 20.0. The lowest BCUT2D eigenvalue weighted by Crippen LogP contribution is -2.37. The summed E-state index contributed by atoms with van der Waals surface area (Å²) in [6, 6.07) is 17.9. The summed E-state index contributed by atoms with van der Waals surface area (Å²) >= 11 is 1.80. The van der Waals surface area contributed by atoms with E-state index in [1.54, 1.807) is 11.8 Å². The van der Waals surface area contributed by atoms with Gasteiger partial charge in [0.2, 0.25) is 5.91 Å². The van der Waals surface area contributed by atoms with Gasteiger partial charge in [-0.1, -0.05) is 31.0 Å². The molecule has 150 valence electrons. The van der Waals surface area contributed by atoms with Gasteiger partial charge in [0, 0.05) is 16.1 Å². The summed E-state index contributed by atoms with van der Waals surface area (Å²) in [6.07, 6.45) is 4.88. The minimum Gasteiger partial charge on any atom is -0.457 e. The van der Waals surface area contributed by atoms with Crippen LogP contribution in [0.15, 0.2) is 59.5 Å². The molecule has 5 heteroatoms. The van der Waals surface area contributed by atoms with Gasteiger partial charge in [0.05, 0.1) is 5.60 Å². The number of nitrogens with one attached hydrogen (secondary N) is 1. The van der Waals surface area contributed by atoms with Crippen molar-refractivity contribution in [3.8, 4) is 11.5 Å². The van der Waals surface area contributed by atoms with E-state index in [1.165, 1.54) is 0 Å². The van der Waals surface area contributed by atoms with Crippen LogP contribution in [0.1, 0.15) is 52.9 Å². The number of amides is 1. The lowest BCUT2D eigenvalue weighted by molar-refractivity contribution is -0.146. The van der Waals surface area contributed by atoms with Crippen LogP contribution < -0.4 is 10.2 Å². The van der Waals surface area contributed by atoms with E-state index in [9.17, 15) is 4.79 Å². The third-order valence-electron chi connectivity index (χ3n) is 4.61. The molecule has 0 radical (unpaired) electrons. The summed E-state index contributed by atoms with van der Waals surface area (Å²) in [5.41, 5.74) is 2.24. The molecule has 3 rings (SSSR count). The summed E-state index contributed by atoms with van der Waals surface area (Å²) in [5, 5.41) is 0. The zero-order valence-corrected chi connectivity index (χ0v) is 17.7. The lowest BCUT2D eigenvalue weighted by Gasteiger charge is -2.28. The van der Waals surface area contributed by atoms with Gasteiger partial charge in [0.25, 0.3) is 0 Å². The average Bonchev–Trinajstić information content (AvgIpc) is 3.10. The molecule has 1 saturated carbocycles. The first kappa shape index (κ1) is 20.7. The number of ether oxygens (including phenoxy) is 1. The smallest absolute Gasteiger partial charge is 0.244 e. The molecule has 1 aliphatic carbocycles. The molecular formula is C23H29NO3S. The summed E-state index contributed by atoms with van der Waals surface area (Å²) in [6.45, 7) is 5.77. The Morgan fingerprint density at radius 1 is 1.00 bits per heavy atom. The summed E-state index contributed by atoms with van der Waals surface area (Å²) in [5.74, 6) is 1.59. The van der Waals surface area contributed by atoms with Crippen molar-refractivity contribution in [2.24, 2.45) is 0 Å². The van der Waals surface area contributed by atoms with Gasteiger partial charge in [0.1, 0.15) is 11.5 Å². The number of hydrogen-bond acceptors (Lipinski definition) is 4. The topological polar surface area (TPSA) is 47.6 Å². The van der Waals surface area contributed by atoms with Crippen molar-refractivity contribution in [2.75, 3.05) is 0 Å². The maximum absolute atomic E-state index is 12.4. The molecule has 0 heterocycles. The van der Waals surface area contributed by atoms with Crippen molar-refractivity contribution in [3.63, 3.8) is 0 Å². The van der Waals surface area contributed by atoms with E-state index in [-0.39, 0.29) is 16.3 Å². The average molecular weight is 400 g/mol. The number of carbonyl (C=O) groups excluding carboxylic acids is 1. The van der Waals surface area contributed by atoms with Crippen LogP contribution in [-0.2, 0) is 9.63 Å². The van der Waals surface area contributed by atoms with Crippen molar-refractivity contribution >= 4 is 17.7 Å². The zero-order valence-electron chi connectivity index (χ0n) is 16.9. The quantitative estimate of drug-likeness (QED) is 0.570. The highest BCUT2D eigenvalue weighted by Gasteiger charge is 2.37. The number of benzene rings is 2. The molecule has 1 fully saturated rings. The van der Waals surface area contributed by atoms with Crippen LogP contribution in [0.2, 0.25) is 0 Å². The second kappa shape index (κ2) is 9.01. The van der Waals surface area contributed by atoms with Gasteiger partial charge in [-0.05, 0) is 70.0 Å². The van der Waals surface area contributed by atoms with E-state index in [0.29, 0.717) is 6.42 Å². The maximum atomic E-state index is 12.4. The molecule has 2 aromatic rings. The minimum absolute atomic E-state index is 0.0478. The summed E-state index contributed by atoms with van der Waals surface area (Å²) in [7, 11) is 0. The fourth-order valence-electron chi connectivity index (χ4n) is 3.32. The Kier molecular flexibility index (Phi) is 6.68. The largest absolute Gasteiger partial charge is 0.457 e. The Bertz CT molecular complexity index is 763. The Labute approximate surface area is 172 Å². The van der Waals surface area contributed by atoms with Crippen molar-refractivity contribution < 1.29 is 14.4 Å². The SMILES string of the molecule is CC(C)(C)ONC(=O)CC1(Sc2ccc(Oc3ccccc3)cc2)CCCC1. The van der Waals surface area contributed by atoms with Crippen LogP contribution in [0.3, 0.4) is 0 Å². The van der Waals surface area contributed by atoms with Crippen LogP contribution in [0.25, 0.3) is 0 Å². The van der Waals surface area contributed by atoms with E-state index < -0.39 is 0 Å². The van der Waals surface area contributed by atoms with Crippen molar-refractivity contribution in [1.29, 1.82) is 0 Å². The Morgan fingerprint density at radius 3 is 2.21 bits per heavy atom. The lowest BCUT2D eigenvalue weighted by atomic mass is 10.0. The van der Waals surface area contributed by atoms with E-state index in [2.05, 4.69) is 17.6 Å². The second-order valence-corrected chi connectivity index (χ2v) is 9.84. The highest BCUT2D eigenvalue weighted by molar-refractivity contribution is 8.00. The molecular weight excluding hydrogens is 370 g/mol. The molecule has 4 nitrogen and oxygen atoms in total. The fourth-order valence-corrected chi connectivity index (χ4v) is 4.79. The first-order valence-electron chi connectivity index (χ1n) is 9.83. The Hall–Kier alpha value is -1.98. The van der Waals surface area contributed by atoms with E-state index in [0.717, 1.165) is 42.1 Å². The number of carbonyl (C=O) groups is 1. The van der Waals surface area contributed by atoms with Gasteiger partial charge in [-0.3, -0.25) is 9.63 Å². The molecule has 1 N–H and O–H groups in total. The normalized spacial score (nSPS) is 16.0. The fraction of sp³-hybridized carbons (Fsp3) is 0.435. The maximum Gasteiger partial charge on any atom is 0.244 e. The van der Waals surface area contributed by atoms with Crippen LogP contribution in [0, 0.1) is 0 Å². The van der Waals surface area contributed by atoms with Crippen LogP contribution in [0.5, 0.6) is 11.5 Å². The molecule has 0 saturated heterocycles. The van der Waals surface area contributed by atoms with Crippen LogP contribution in [0.4, 0.5) is 0 Å². The Balaban J connectivity index is 1.61. The van der Waals surface area contributed by atoms with Crippen molar-refractivity contribution in [2.45, 2.75) is 68.1 Å². The highest BCUT2D eigenvalue weighted by atomic mass is 32.2. The summed E-state index contributed by atoms with van der Waals surface area (Å²) in [4.78, 5) is 19.0. The molecule has 0 bridgehead atoms. The molecule has 0 aromatic heterocycles. The molecule has 28 heavy (non-hydrogen) atoms. The first-order chi connectivity index (χ1) is 13.3.